The van der Waals surface area contributed by atoms with E-state index in [0.717, 1.165) is 12.1 Å². The molecule has 0 aliphatic carbocycles. The summed E-state index contributed by atoms with van der Waals surface area (Å²) >= 11 is 0. The minimum Gasteiger partial charge on any atom is -0.317 e. The summed E-state index contributed by atoms with van der Waals surface area (Å²) in [5.74, 6) is -0.264. The second-order valence-electron chi connectivity index (χ2n) is 4.86. The van der Waals surface area contributed by atoms with Gasteiger partial charge in [-0.05, 0) is 55.6 Å². The molecule has 1 aromatic rings. The number of piperidine rings is 1. The highest BCUT2D eigenvalue weighted by Crippen LogP contribution is 2.39. The van der Waals surface area contributed by atoms with E-state index in [9.17, 15) is 26.3 Å². The average Bonchev–Trinajstić information content (AvgIpc) is 2.48. The van der Waals surface area contributed by atoms with Crippen LogP contribution in [0.25, 0.3) is 0 Å². The summed E-state index contributed by atoms with van der Waals surface area (Å²) in [4.78, 5) is 0. The monoisotopic (exact) mass is 327 g/mol. The molecule has 1 aliphatic heterocycles. The van der Waals surface area contributed by atoms with Crippen LogP contribution < -0.4 is 5.32 Å². The predicted octanol–water partition coefficient (Wildman–Crippen LogP) is 5.22. The van der Waals surface area contributed by atoms with Crippen LogP contribution in [0.3, 0.4) is 0 Å². The van der Waals surface area contributed by atoms with E-state index in [1.54, 1.807) is 0 Å². The fourth-order valence-corrected chi connectivity index (χ4v) is 2.37. The molecule has 1 fully saturated rings. The van der Waals surface area contributed by atoms with Crippen molar-refractivity contribution >= 4 is 0 Å². The van der Waals surface area contributed by atoms with Gasteiger partial charge in [-0.25, -0.2) is 0 Å². The molecule has 2 rings (SSSR count). The summed E-state index contributed by atoms with van der Waals surface area (Å²) in [6.45, 7) is 5.20. The standard InChI is InChI=1S/C13H13F6N.C2H6/c14-12(15,16)10-5-9(8-1-3-20-4-2-8)6-11(7-10)13(17,18)19;1-2/h5-8,20H,1-4H2;1-2H3. The van der Waals surface area contributed by atoms with Gasteiger partial charge in [0.05, 0.1) is 11.1 Å². The minimum absolute atomic E-state index is 0.119. The molecule has 0 amide bonds. The Kier molecular flexibility index (Phi) is 6.28. The second kappa shape index (κ2) is 7.35. The summed E-state index contributed by atoms with van der Waals surface area (Å²) in [6, 6.07) is 1.85. The Morgan fingerprint density at radius 2 is 1.23 bits per heavy atom. The van der Waals surface area contributed by atoms with Gasteiger partial charge in [-0.2, -0.15) is 26.3 Å². The van der Waals surface area contributed by atoms with Crippen molar-refractivity contribution in [1.82, 2.24) is 5.32 Å². The molecule has 0 bridgehead atoms. The summed E-state index contributed by atoms with van der Waals surface area (Å²) < 4.78 is 76.3. The summed E-state index contributed by atoms with van der Waals surface area (Å²) in [5.41, 5.74) is -2.35. The summed E-state index contributed by atoms with van der Waals surface area (Å²) in [5, 5.41) is 3.03. The van der Waals surface area contributed by atoms with Crippen LogP contribution in [0.4, 0.5) is 26.3 Å². The molecule has 1 heterocycles. The lowest BCUT2D eigenvalue weighted by molar-refractivity contribution is -0.143. The molecule has 0 spiro atoms. The number of rotatable bonds is 1. The first-order valence-corrected chi connectivity index (χ1v) is 7.18. The highest BCUT2D eigenvalue weighted by Gasteiger charge is 2.37. The zero-order valence-electron chi connectivity index (χ0n) is 12.4. The lowest BCUT2D eigenvalue weighted by atomic mass is 9.88. The number of hydrogen-bond acceptors (Lipinski definition) is 1. The fraction of sp³-hybridized carbons (Fsp3) is 0.600. The number of nitrogens with one attached hydrogen (secondary N) is 1. The van der Waals surface area contributed by atoms with Gasteiger partial charge in [0.25, 0.3) is 0 Å². The summed E-state index contributed by atoms with van der Waals surface area (Å²) in [7, 11) is 0. The Bertz CT molecular complexity index is 440. The third-order valence-electron chi connectivity index (χ3n) is 3.42. The van der Waals surface area contributed by atoms with E-state index >= 15 is 0 Å². The molecule has 0 radical (unpaired) electrons. The Balaban J connectivity index is 0.00000116. The topological polar surface area (TPSA) is 12.0 Å². The van der Waals surface area contributed by atoms with Crippen LogP contribution in [0.15, 0.2) is 18.2 Å². The Morgan fingerprint density at radius 1 is 0.818 bits per heavy atom. The number of halogens is 6. The molecule has 0 atom stereocenters. The van der Waals surface area contributed by atoms with Crippen molar-refractivity contribution in [3.05, 3.63) is 34.9 Å². The third kappa shape index (κ3) is 4.90. The molecule has 1 aromatic carbocycles. The van der Waals surface area contributed by atoms with Crippen LogP contribution in [-0.2, 0) is 12.4 Å². The first kappa shape index (κ1) is 18.8. The first-order chi connectivity index (χ1) is 10.2. The maximum absolute atomic E-state index is 12.7. The van der Waals surface area contributed by atoms with Crippen molar-refractivity contribution in [3.63, 3.8) is 0 Å². The largest absolute Gasteiger partial charge is 0.416 e. The molecule has 7 heteroatoms. The van der Waals surface area contributed by atoms with Crippen molar-refractivity contribution in [3.8, 4) is 0 Å². The zero-order valence-corrected chi connectivity index (χ0v) is 12.4. The van der Waals surface area contributed by atoms with E-state index in [0.29, 0.717) is 25.9 Å². The lowest BCUT2D eigenvalue weighted by Gasteiger charge is -2.24. The molecule has 1 nitrogen and oxygen atoms in total. The van der Waals surface area contributed by atoms with E-state index in [4.69, 9.17) is 0 Å². The van der Waals surface area contributed by atoms with E-state index in [2.05, 4.69) is 5.32 Å². The molecule has 1 aliphatic rings. The van der Waals surface area contributed by atoms with Crippen molar-refractivity contribution < 1.29 is 26.3 Å². The van der Waals surface area contributed by atoms with Crippen LogP contribution in [-0.4, -0.2) is 13.1 Å². The highest BCUT2D eigenvalue weighted by atomic mass is 19.4. The Morgan fingerprint density at radius 3 is 1.59 bits per heavy atom. The van der Waals surface area contributed by atoms with Gasteiger partial charge in [0.2, 0.25) is 0 Å². The van der Waals surface area contributed by atoms with Crippen molar-refractivity contribution in [2.45, 2.75) is 45.0 Å². The molecule has 0 aromatic heterocycles. The van der Waals surface area contributed by atoms with Crippen molar-refractivity contribution in [2.24, 2.45) is 0 Å². The van der Waals surface area contributed by atoms with Gasteiger partial charge in [-0.15, -0.1) is 0 Å². The predicted molar refractivity (Wildman–Crippen MR) is 72.6 cm³/mol. The first-order valence-electron chi connectivity index (χ1n) is 7.18. The number of hydrogen-bond donors (Lipinski definition) is 1. The highest BCUT2D eigenvalue weighted by molar-refractivity contribution is 5.35. The Labute approximate surface area is 125 Å². The van der Waals surface area contributed by atoms with Crippen molar-refractivity contribution in [2.75, 3.05) is 13.1 Å². The van der Waals surface area contributed by atoms with E-state index in [1.807, 2.05) is 13.8 Å². The average molecular weight is 327 g/mol. The zero-order chi connectivity index (χ0) is 17.0. The van der Waals surface area contributed by atoms with Gasteiger partial charge in [0.15, 0.2) is 0 Å². The van der Waals surface area contributed by atoms with Gasteiger partial charge in [0.1, 0.15) is 0 Å². The van der Waals surface area contributed by atoms with E-state index < -0.39 is 23.5 Å². The van der Waals surface area contributed by atoms with Gasteiger partial charge in [-0.3, -0.25) is 0 Å². The van der Waals surface area contributed by atoms with Gasteiger partial charge in [0, 0.05) is 0 Å². The van der Waals surface area contributed by atoms with Crippen LogP contribution in [0.2, 0.25) is 0 Å². The van der Waals surface area contributed by atoms with E-state index in [-0.39, 0.29) is 17.5 Å². The van der Waals surface area contributed by atoms with Crippen LogP contribution >= 0.6 is 0 Å². The number of benzene rings is 1. The van der Waals surface area contributed by atoms with Gasteiger partial charge >= 0.3 is 12.4 Å². The minimum atomic E-state index is -4.77. The molecule has 1 saturated heterocycles. The molecule has 126 valence electrons. The molecular formula is C15H19F6N. The van der Waals surface area contributed by atoms with Gasteiger partial charge in [-0.1, -0.05) is 13.8 Å². The third-order valence-corrected chi connectivity index (χ3v) is 3.42. The molecular weight excluding hydrogens is 308 g/mol. The quantitative estimate of drug-likeness (QED) is 0.698. The summed E-state index contributed by atoms with van der Waals surface area (Å²) in [6.07, 6.45) is -8.47. The second-order valence-corrected chi connectivity index (χ2v) is 4.86. The van der Waals surface area contributed by atoms with E-state index in [1.165, 1.54) is 0 Å². The Hall–Kier alpha value is -1.24. The van der Waals surface area contributed by atoms with Crippen LogP contribution in [0, 0.1) is 0 Å². The normalized spacial score (nSPS) is 16.9. The smallest absolute Gasteiger partial charge is 0.317 e. The molecule has 1 N–H and O–H groups in total. The fourth-order valence-electron chi connectivity index (χ4n) is 2.37. The van der Waals surface area contributed by atoms with Crippen molar-refractivity contribution in [1.29, 1.82) is 0 Å². The molecule has 0 unspecified atom stereocenters. The van der Waals surface area contributed by atoms with Crippen LogP contribution in [0.1, 0.15) is 49.3 Å². The molecule has 22 heavy (non-hydrogen) atoms. The maximum atomic E-state index is 12.7. The molecule has 0 saturated carbocycles. The number of alkyl halides is 6. The van der Waals surface area contributed by atoms with Gasteiger partial charge < -0.3 is 5.32 Å². The lowest BCUT2D eigenvalue weighted by Crippen LogP contribution is -2.27. The SMILES string of the molecule is CC.FC(F)(F)c1cc(C2CCNCC2)cc(C(F)(F)F)c1. The van der Waals surface area contributed by atoms with Crippen LogP contribution in [0.5, 0.6) is 0 Å². The maximum Gasteiger partial charge on any atom is 0.416 e.